The normalized spacial score (nSPS) is 11.0. The third-order valence-electron chi connectivity index (χ3n) is 4.13. The first kappa shape index (κ1) is 17.5. The predicted octanol–water partition coefficient (Wildman–Crippen LogP) is 4.53. The monoisotopic (exact) mass is 348 g/mol. The predicted molar refractivity (Wildman–Crippen MR) is 104 cm³/mol. The number of ether oxygens (including phenoxy) is 2. The largest absolute Gasteiger partial charge is 0.504 e. The summed E-state index contributed by atoms with van der Waals surface area (Å²) in [5.41, 5.74) is 4.99. The van der Waals surface area contributed by atoms with E-state index < -0.39 is 0 Å². The summed E-state index contributed by atoms with van der Waals surface area (Å²) in [6.07, 6.45) is 7.24. The summed E-state index contributed by atoms with van der Waals surface area (Å²) in [7, 11) is 3.00. The molecule has 3 aromatic rings. The lowest BCUT2D eigenvalue weighted by Gasteiger charge is -2.12. The van der Waals surface area contributed by atoms with Gasteiger partial charge in [-0.3, -0.25) is 4.98 Å². The van der Waals surface area contributed by atoms with Crippen molar-refractivity contribution in [3.8, 4) is 28.5 Å². The maximum absolute atomic E-state index is 10.2. The van der Waals surface area contributed by atoms with Crippen LogP contribution in [0.15, 0.2) is 49.2 Å². The Bertz CT molecular complexity index is 1010. The van der Waals surface area contributed by atoms with E-state index in [0.717, 1.165) is 22.2 Å². The Hall–Kier alpha value is -3.34. The van der Waals surface area contributed by atoms with Crippen molar-refractivity contribution in [3.05, 3.63) is 60.3 Å². The van der Waals surface area contributed by atoms with Crippen molar-refractivity contribution in [1.82, 2.24) is 9.97 Å². The highest BCUT2D eigenvalue weighted by atomic mass is 16.5. The zero-order valence-electron chi connectivity index (χ0n) is 15.0. The molecule has 5 heteroatoms. The summed E-state index contributed by atoms with van der Waals surface area (Å²) in [5, 5.41) is 10.2. The molecule has 0 atom stereocenters. The molecule has 0 spiro atoms. The van der Waals surface area contributed by atoms with E-state index in [2.05, 4.69) is 11.6 Å². The second kappa shape index (κ2) is 7.27. The Kier molecular flexibility index (Phi) is 4.89. The third-order valence-corrected chi connectivity index (χ3v) is 4.13. The molecule has 0 saturated heterocycles. The topological polar surface area (TPSA) is 64.5 Å². The number of rotatable bonds is 5. The number of phenolic OH excluding ortho intramolecular Hbond substituents is 1. The number of phenols is 1. The van der Waals surface area contributed by atoms with Gasteiger partial charge in [-0.05, 0) is 30.7 Å². The molecular formula is C21H20N2O3. The molecule has 0 saturated carbocycles. The molecule has 1 N–H and O–H groups in total. The first-order chi connectivity index (χ1) is 12.6. The number of fused-ring (bicyclic) bond motifs is 1. The number of aryl methyl sites for hydroxylation is 1. The highest BCUT2D eigenvalue weighted by Crippen LogP contribution is 2.40. The zero-order valence-corrected chi connectivity index (χ0v) is 15.0. The van der Waals surface area contributed by atoms with Crippen LogP contribution >= 0.6 is 0 Å². The van der Waals surface area contributed by atoms with Crippen LogP contribution in [0, 0.1) is 6.92 Å². The van der Waals surface area contributed by atoms with Gasteiger partial charge in [-0.2, -0.15) is 0 Å². The van der Waals surface area contributed by atoms with Crippen LogP contribution in [-0.2, 0) is 0 Å². The molecule has 5 nitrogen and oxygen atoms in total. The number of hydrogen-bond donors (Lipinski definition) is 1. The van der Waals surface area contributed by atoms with Crippen LogP contribution in [0.2, 0.25) is 0 Å². The summed E-state index contributed by atoms with van der Waals surface area (Å²) in [4.78, 5) is 9.29. The molecule has 2 aromatic carbocycles. The Morgan fingerprint density at radius 3 is 2.65 bits per heavy atom. The Morgan fingerprint density at radius 1 is 1.15 bits per heavy atom. The molecule has 0 unspecified atom stereocenters. The van der Waals surface area contributed by atoms with Gasteiger partial charge in [-0.25, -0.2) is 4.98 Å². The van der Waals surface area contributed by atoms with Gasteiger partial charge in [0.25, 0.3) is 0 Å². The summed E-state index contributed by atoms with van der Waals surface area (Å²) >= 11 is 0. The van der Waals surface area contributed by atoms with Crippen molar-refractivity contribution in [2.45, 2.75) is 6.92 Å². The second-order valence-electron chi connectivity index (χ2n) is 5.74. The maximum Gasteiger partial charge on any atom is 0.203 e. The lowest BCUT2D eigenvalue weighted by Crippen LogP contribution is -1.95. The number of aromatic hydroxyl groups is 1. The highest BCUT2D eigenvalue weighted by Gasteiger charge is 2.14. The van der Waals surface area contributed by atoms with Crippen LogP contribution < -0.4 is 9.47 Å². The first-order valence-corrected chi connectivity index (χ1v) is 8.10. The number of hydrogen-bond acceptors (Lipinski definition) is 5. The van der Waals surface area contributed by atoms with Crippen LogP contribution in [0.25, 0.3) is 28.4 Å². The Balaban J connectivity index is 2.22. The lowest BCUT2D eigenvalue weighted by molar-refractivity contribution is 0.333. The lowest BCUT2D eigenvalue weighted by atomic mass is 10.0. The molecule has 3 rings (SSSR count). The van der Waals surface area contributed by atoms with Crippen LogP contribution in [0.1, 0.15) is 11.1 Å². The number of benzene rings is 2. The average molecular weight is 348 g/mol. The van der Waals surface area contributed by atoms with Crippen molar-refractivity contribution < 1.29 is 14.6 Å². The quantitative estimate of drug-likeness (QED) is 0.687. The van der Waals surface area contributed by atoms with E-state index >= 15 is 0 Å². The van der Waals surface area contributed by atoms with E-state index in [1.807, 2.05) is 31.2 Å². The van der Waals surface area contributed by atoms with Crippen molar-refractivity contribution in [1.29, 1.82) is 0 Å². The SMILES string of the molecule is C=C/C=C\c1c(C)ccc2ncc(-c3cc(O)c(OC)c(OC)c3)nc12. The van der Waals surface area contributed by atoms with Gasteiger partial charge in [0.2, 0.25) is 5.75 Å². The van der Waals surface area contributed by atoms with Gasteiger partial charge in [-0.15, -0.1) is 0 Å². The van der Waals surface area contributed by atoms with Gasteiger partial charge in [-0.1, -0.05) is 30.9 Å². The smallest absolute Gasteiger partial charge is 0.203 e. The van der Waals surface area contributed by atoms with E-state index in [0.29, 0.717) is 17.0 Å². The van der Waals surface area contributed by atoms with Gasteiger partial charge in [0.15, 0.2) is 11.5 Å². The number of allylic oxidation sites excluding steroid dienone is 2. The summed E-state index contributed by atoms with van der Waals surface area (Å²) < 4.78 is 10.5. The minimum Gasteiger partial charge on any atom is -0.504 e. The molecule has 0 amide bonds. The van der Waals surface area contributed by atoms with Gasteiger partial charge >= 0.3 is 0 Å². The summed E-state index contributed by atoms with van der Waals surface area (Å²) in [5.74, 6) is 0.704. The highest BCUT2D eigenvalue weighted by molar-refractivity contribution is 5.87. The molecule has 0 aliphatic carbocycles. The zero-order chi connectivity index (χ0) is 18.7. The van der Waals surface area contributed by atoms with Gasteiger partial charge in [0.05, 0.1) is 37.1 Å². The molecule has 1 aromatic heterocycles. The fraction of sp³-hybridized carbons (Fsp3) is 0.143. The second-order valence-corrected chi connectivity index (χ2v) is 5.74. The number of nitrogens with zero attached hydrogens (tertiary/aromatic N) is 2. The molecule has 1 heterocycles. The van der Waals surface area contributed by atoms with Gasteiger partial charge < -0.3 is 14.6 Å². The molecule has 26 heavy (non-hydrogen) atoms. The van der Waals surface area contributed by atoms with Crippen LogP contribution in [0.5, 0.6) is 17.2 Å². The van der Waals surface area contributed by atoms with Gasteiger partial charge in [0, 0.05) is 11.1 Å². The minimum absolute atomic E-state index is 0.0141. The van der Waals surface area contributed by atoms with Crippen molar-refractivity contribution in [2.75, 3.05) is 14.2 Å². The first-order valence-electron chi connectivity index (χ1n) is 8.10. The number of aromatic nitrogens is 2. The molecule has 0 fully saturated rings. The minimum atomic E-state index is -0.0141. The average Bonchev–Trinajstić information content (AvgIpc) is 2.66. The molecule has 132 valence electrons. The van der Waals surface area contributed by atoms with Crippen LogP contribution in [0.4, 0.5) is 0 Å². The molecule has 0 radical (unpaired) electrons. The Labute approximate surface area is 152 Å². The summed E-state index contributed by atoms with van der Waals surface area (Å²) in [6.45, 7) is 5.75. The Morgan fingerprint density at radius 2 is 1.96 bits per heavy atom. The summed E-state index contributed by atoms with van der Waals surface area (Å²) in [6, 6.07) is 7.32. The molecule has 0 bridgehead atoms. The number of methoxy groups -OCH3 is 2. The standard InChI is InChI=1S/C21H20N2O3/c1-5-6-7-15-13(2)8-9-16-20(15)23-17(12-22-16)14-10-18(24)21(26-4)19(11-14)25-3/h5-12,24H,1H2,2-4H3/b7-6-. The van der Waals surface area contributed by atoms with E-state index in [1.54, 1.807) is 24.4 Å². The fourth-order valence-electron chi connectivity index (χ4n) is 2.80. The third kappa shape index (κ3) is 3.11. The van der Waals surface area contributed by atoms with E-state index in [4.69, 9.17) is 14.5 Å². The fourth-order valence-corrected chi connectivity index (χ4v) is 2.80. The van der Waals surface area contributed by atoms with Crippen LogP contribution in [0.3, 0.4) is 0 Å². The van der Waals surface area contributed by atoms with Gasteiger partial charge in [0.1, 0.15) is 0 Å². The maximum atomic E-state index is 10.2. The molecular weight excluding hydrogens is 328 g/mol. The van der Waals surface area contributed by atoms with Crippen molar-refractivity contribution >= 4 is 17.1 Å². The van der Waals surface area contributed by atoms with E-state index in [-0.39, 0.29) is 11.5 Å². The molecule has 0 aliphatic rings. The van der Waals surface area contributed by atoms with E-state index in [9.17, 15) is 5.11 Å². The van der Waals surface area contributed by atoms with E-state index in [1.165, 1.54) is 14.2 Å². The van der Waals surface area contributed by atoms with Crippen molar-refractivity contribution in [2.24, 2.45) is 0 Å². The van der Waals surface area contributed by atoms with Crippen LogP contribution in [-0.4, -0.2) is 29.3 Å². The van der Waals surface area contributed by atoms with Crippen molar-refractivity contribution in [3.63, 3.8) is 0 Å². The molecule has 0 aliphatic heterocycles.